The lowest BCUT2D eigenvalue weighted by molar-refractivity contribution is 0.0338. The molecule has 7 nitrogen and oxygen atoms in total. The minimum Gasteiger partial charge on any atom is -0.497 e. The van der Waals surface area contributed by atoms with Gasteiger partial charge < -0.3 is 28.8 Å². The fraction of sp³-hybridized carbons (Fsp3) is 0.242. The number of benzene rings is 4. The summed E-state index contributed by atoms with van der Waals surface area (Å²) in [5, 5.41) is 0. The molecule has 0 spiro atoms. The van der Waals surface area contributed by atoms with E-state index in [1.807, 2.05) is 36.4 Å². The van der Waals surface area contributed by atoms with E-state index in [9.17, 15) is 0 Å². The van der Waals surface area contributed by atoms with Gasteiger partial charge in [-0.05, 0) is 70.8 Å². The molecule has 7 heteroatoms. The summed E-state index contributed by atoms with van der Waals surface area (Å²) in [4.78, 5) is 9.94. The first kappa shape index (κ1) is 27.2. The van der Waals surface area contributed by atoms with Gasteiger partial charge in [-0.25, -0.2) is 4.98 Å². The number of H-pyrrole nitrogens is 1. The van der Waals surface area contributed by atoms with Gasteiger partial charge in [-0.1, -0.05) is 42.5 Å². The predicted molar refractivity (Wildman–Crippen MR) is 158 cm³/mol. The third-order valence-electron chi connectivity index (χ3n) is 6.68. The fourth-order valence-electron chi connectivity index (χ4n) is 4.63. The minimum atomic E-state index is 0.517. The van der Waals surface area contributed by atoms with E-state index < -0.39 is 0 Å². The maximum atomic E-state index is 5.95. The molecule has 0 atom stereocenters. The summed E-state index contributed by atoms with van der Waals surface area (Å²) in [6.07, 6.45) is 1.73. The number of methoxy groups -OCH3 is 2. The van der Waals surface area contributed by atoms with Crippen molar-refractivity contribution in [2.24, 2.45) is 0 Å². The van der Waals surface area contributed by atoms with Gasteiger partial charge in [-0.3, -0.25) is 0 Å². The van der Waals surface area contributed by atoms with E-state index >= 15 is 0 Å². The van der Waals surface area contributed by atoms with Gasteiger partial charge in [0.1, 0.15) is 11.5 Å². The van der Waals surface area contributed by atoms with Crippen molar-refractivity contribution in [3.05, 3.63) is 120 Å². The SMILES string of the molecule is COc1cccc(COCCOCc2cccc(N(Cc3cccc(OC)c3)Cc3ccc4nc[nH]c4c3)c2)c1. The summed E-state index contributed by atoms with van der Waals surface area (Å²) in [7, 11) is 3.37. The maximum Gasteiger partial charge on any atom is 0.119 e. The summed E-state index contributed by atoms with van der Waals surface area (Å²) in [6.45, 7) is 3.57. The van der Waals surface area contributed by atoms with Crippen LogP contribution in [0.1, 0.15) is 22.3 Å². The van der Waals surface area contributed by atoms with Gasteiger partial charge in [-0.2, -0.15) is 0 Å². The lowest BCUT2D eigenvalue weighted by Gasteiger charge is -2.26. The average Bonchev–Trinajstić information content (AvgIpc) is 3.47. The second-order valence-electron chi connectivity index (χ2n) is 9.59. The first-order chi connectivity index (χ1) is 19.7. The van der Waals surface area contributed by atoms with E-state index in [-0.39, 0.29) is 0 Å². The van der Waals surface area contributed by atoms with E-state index in [1.54, 1.807) is 20.5 Å². The van der Waals surface area contributed by atoms with Crippen molar-refractivity contribution >= 4 is 16.7 Å². The molecule has 1 heterocycles. The number of nitrogens with zero attached hydrogens (tertiary/aromatic N) is 2. The normalized spacial score (nSPS) is 11.1. The van der Waals surface area contributed by atoms with Crippen LogP contribution < -0.4 is 14.4 Å². The number of ether oxygens (including phenoxy) is 4. The van der Waals surface area contributed by atoms with Crippen LogP contribution in [0.25, 0.3) is 11.0 Å². The molecule has 0 aliphatic carbocycles. The zero-order valence-electron chi connectivity index (χ0n) is 23.0. The molecule has 1 aromatic heterocycles. The molecule has 1 N–H and O–H groups in total. The second kappa shape index (κ2) is 13.6. The topological polar surface area (TPSA) is 68.8 Å². The lowest BCUT2D eigenvalue weighted by Crippen LogP contribution is -2.22. The molecular formula is C33H35N3O4. The van der Waals surface area contributed by atoms with Gasteiger partial charge in [-0.15, -0.1) is 0 Å². The van der Waals surface area contributed by atoms with Crippen LogP contribution in [0.15, 0.2) is 97.3 Å². The van der Waals surface area contributed by atoms with E-state index in [1.165, 1.54) is 11.1 Å². The van der Waals surface area contributed by atoms with Crippen molar-refractivity contribution in [3.8, 4) is 11.5 Å². The van der Waals surface area contributed by atoms with Gasteiger partial charge in [0, 0.05) is 18.8 Å². The second-order valence-corrected chi connectivity index (χ2v) is 9.59. The van der Waals surface area contributed by atoms with Crippen molar-refractivity contribution in [2.45, 2.75) is 26.3 Å². The van der Waals surface area contributed by atoms with Gasteiger partial charge in [0.05, 0.1) is 58.0 Å². The first-order valence-electron chi connectivity index (χ1n) is 13.4. The Morgan fingerprint density at radius 2 is 1.25 bits per heavy atom. The molecule has 0 aliphatic rings. The van der Waals surface area contributed by atoms with Crippen LogP contribution in [0.5, 0.6) is 11.5 Å². The zero-order valence-corrected chi connectivity index (χ0v) is 23.0. The van der Waals surface area contributed by atoms with E-state index in [0.717, 1.165) is 52.4 Å². The Morgan fingerprint density at radius 1 is 0.650 bits per heavy atom. The summed E-state index contributed by atoms with van der Waals surface area (Å²) in [5.74, 6) is 1.69. The molecule has 0 saturated heterocycles. The fourth-order valence-corrected chi connectivity index (χ4v) is 4.63. The highest BCUT2D eigenvalue weighted by Crippen LogP contribution is 2.24. The number of hydrogen-bond acceptors (Lipinski definition) is 6. The molecule has 0 fully saturated rings. The highest BCUT2D eigenvalue weighted by molar-refractivity contribution is 5.75. The highest BCUT2D eigenvalue weighted by atomic mass is 16.5. The molecule has 5 aromatic rings. The average molecular weight is 538 g/mol. The number of aromatic amines is 1. The number of imidazole rings is 1. The summed E-state index contributed by atoms with van der Waals surface area (Å²) in [6, 6.07) is 31.0. The zero-order chi connectivity index (χ0) is 27.6. The third-order valence-corrected chi connectivity index (χ3v) is 6.68. The first-order valence-corrected chi connectivity index (χ1v) is 13.4. The van der Waals surface area contributed by atoms with Crippen LogP contribution in [-0.4, -0.2) is 37.4 Å². The Hall–Kier alpha value is -4.33. The van der Waals surface area contributed by atoms with E-state index in [2.05, 4.69) is 69.5 Å². The Labute approximate surface area is 235 Å². The minimum absolute atomic E-state index is 0.517. The van der Waals surface area contributed by atoms with Gasteiger partial charge in [0.2, 0.25) is 0 Å². The van der Waals surface area contributed by atoms with E-state index in [4.69, 9.17) is 18.9 Å². The number of nitrogens with one attached hydrogen (secondary N) is 1. The van der Waals surface area contributed by atoms with Crippen molar-refractivity contribution in [1.29, 1.82) is 0 Å². The van der Waals surface area contributed by atoms with Crippen LogP contribution in [0, 0.1) is 0 Å². The smallest absolute Gasteiger partial charge is 0.119 e. The molecule has 0 bridgehead atoms. The third kappa shape index (κ3) is 7.40. The Kier molecular flexibility index (Phi) is 9.29. The Balaban J connectivity index is 1.22. The van der Waals surface area contributed by atoms with Crippen molar-refractivity contribution in [1.82, 2.24) is 9.97 Å². The standard InChI is InChI=1S/C33H35N3O4/c1-37-30-10-4-6-25(17-30)20-36(21-26-12-13-32-33(19-26)35-24-34-32)29-9-3-7-27(16-29)22-39-14-15-40-23-28-8-5-11-31(18-28)38-2/h3-13,16-19,24H,14-15,20-23H2,1-2H3,(H,34,35). The predicted octanol–water partition coefficient (Wildman–Crippen LogP) is 6.52. The summed E-state index contributed by atoms with van der Waals surface area (Å²) in [5.41, 5.74) is 7.71. The molecule has 0 saturated carbocycles. The molecule has 206 valence electrons. The molecule has 0 aliphatic heterocycles. The van der Waals surface area contributed by atoms with Crippen molar-refractivity contribution in [3.63, 3.8) is 0 Å². The van der Waals surface area contributed by atoms with Crippen LogP contribution in [0.2, 0.25) is 0 Å². The molecule has 0 amide bonds. The van der Waals surface area contributed by atoms with Crippen molar-refractivity contribution in [2.75, 3.05) is 32.3 Å². The van der Waals surface area contributed by atoms with Crippen LogP contribution >= 0.6 is 0 Å². The number of hydrogen-bond donors (Lipinski definition) is 1. The lowest BCUT2D eigenvalue weighted by atomic mass is 10.1. The monoisotopic (exact) mass is 537 g/mol. The molecule has 5 rings (SSSR count). The van der Waals surface area contributed by atoms with Gasteiger partial charge in [0.15, 0.2) is 0 Å². The number of aromatic nitrogens is 2. The molecule has 0 unspecified atom stereocenters. The molecular weight excluding hydrogens is 502 g/mol. The van der Waals surface area contributed by atoms with Crippen LogP contribution in [-0.2, 0) is 35.8 Å². The maximum absolute atomic E-state index is 5.95. The van der Waals surface area contributed by atoms with Crippen molar-refractivity contribution < 1.29 is 18.9 Å². The van der Waals surface area contributed by atoms with Gasteiger partial charge >= 0.3 is 0 Å². The van der Waals surface area contributed by atoms with Gasteiger partial charge in [0.25, 0.3) is 0 Å². The summed E-state index contributed by atoms with van der Waals surface area (Å²) < 4.78 is 22.5. The number of fused-ring (bicyclic) bond motifs is 1. The Bertz CT molecular complexity index is 1520. The van der Waals surface area contributed by atoms with Crippen LogP contribution in [0.3, 0.4) is 0 Å². The molecule has 0 radical (unpaired) electrons. The number of anilines is 1. The highest BCUT2D eigenvalue weighted by Gasteiger charge is 2.12. The quantitative estimate of drug-likeness (QED) is 0.163. The molecule has 40 heavy (non-hydrogen) atoms. The molecule has 4 aromatic carbocycles. The number of rotatable bonds is 14. The van der Waals surface area contributed by atoms with E-state index in [0.29, 0.717) is 26.4 Å². The Morgan fingerprint density at radius 3 is 1.95 bits per heavy atom. The summed E-state index contributed by atoms with van der Waals surface area (Å²) >= 11 is 0. The largest absolute Gasteiger partial charge is 0.497 e. The van der Waals surface area contributed by atoms with Crippen LogP contribution in [0.4, 0.5) is 5.69 Å².